The van der Waals surface area contributed by atoms with Crippen molar-refractivity contribution in [2.24, 2.45) is 0 Å². The molecule has 0 atom stereocenters. The van der Waals surface area contributed by atoms with Crippen molar-refractivity contribution in [3.05, 3.63) is 5.21 Å². The van der Waals surface area contributed by atoms with Gasteiger partial charge in [-0.05, 0) is 0 Å². The molecule has 0 spiro atoms. The van der Waals surface area contributed by atoms with Gasteiger partial charge in [-0.15, -0.1) is 0 Å². The van der Waals surface area contributed by atoms with Crippen molar-refractivity contribution in [2.75, 3.05) is 26.2 Å². The third kappa shape index (κ3) is 1.41. The van der Waals surface area contributed by atoms with E-state index < -0.39 is 0 Å². The van der Waals surface area contributed by atoms with Gasteiger partial charge in [-0.1, -0.05) is 0 Å². The maximum atomic E-state index is 10.1. The zero-order chi connectivity index (χ0) is 5.82. The fourth-order valence-corrected chi connectivity index (χ4v) is 0.788. The number of nitrogens with one attached hydrogen (secondary N) is 1. The van der Waals surface area contributed by atoms with E-state index >= 15 is 0 Å². The predicted molar refractivity (Wildman–Crippen MR) is 29.7 cm³/mol. The molecule has 4 nitrogen and oxygen atoms in total. The molecule has 0 aromatic rings. The summed E-state index contributed by atoms with van der Waals surface area (Å²) in [4.78, 5) is 0. The Bertz CT molecular complexity index is 62.3. The number of nitrogens with two attached hydrogens (primary N) is 1. The van der Waals surface area contributed by atoms with Gasteiger partial charge < -0.3 is 16.1 Å². The van der Waals surface area contributed by atoms with Crippen LogP contribution in [0.25, 0.3) is 0 Å². The summed E-state index contributed by atoms with van der Waals surface area (Å²) >= 11 is 0. The summed E-state index contributed by atoms with van der Waals surface area (Å²) in [6, 6.07) is 0. The Labute approximate surface area is 48.4 Å². The van der Waals surface area contributed by atoms with Crippen molar-refractivity contribution in [1.29, 1.82) is 0 Å². The average molecular weight is 117 g/mol. The van der Waals surface area contributed by atoms with E-state index in [1.165, 1.54) is 0 Å². The Hall–Kier alpha value is -0.160. The second-order valence-electron chi connectivity index (χ2n) is 1.89. The molecule has 1 aliphatic rings. The molecule has 4 heteroatoms. The maximum absolute atomic E-state index is 10.1. The number of piperazine rings is 1. The van der Waals surface area contributed by atoms with Crippen molar-refractivity contribution in [1.82, 2.24) is 10.3 Å². The van der Waals surface area contributed by atoms with Crippen LogP contribution in [-0.2, 0) is 0 Å². The van der Waals surface area contributed by atoms with E-state index in [2.05, 4.69) is 5.32 Å². The topological polar surface area (TPSA) is 54.9 Å². The van der Waals surface area contributed by atoms with Crippen LogP contribution in [0.2, 0.25) is 0 Å². The minimum atomic E-state index is 0.865. The van der Waals surface area contributed by atoms with Gasteiger partial charge >= 0.3 is 0 Å². The van der Waals surface area contributed by atoms with E-state index in [1.54, 1.807) is 5.01 Å². The second kappa shape index (κ2) is 2.99. The van der Waals surface area contributed by atoms with Crippen LogP contribution in [0.4, 0.5) is 0 Å². The van der Waals surface area contributed by atoms with Crippen LogP contribution in [0.15, 0.2) is 0 Å². The predicted octanol–water partition coefficient (Wildman–Crippen LogP) is -2.13. The lowest BCUT2D eigenvalue weighted by molar-refractivity contribution is -0.753. The first-order chi connectivity index (χ1) is 3.93. The third-order valence-electron chi connectivity index (χ3n) is 1.30. The van der Waals surface area contributed by atoms with Crippen molar-refractivity contribution < 1.29 is 5.59 Å². The third-order valence-corrected chi connectivity index (χ3v) is 1.30. The molecule has 1 rings (SSSR count). The Morgan fingerprint density at radius 2 is 2.00 bits per heavy atom. The van der Waals surface area contributed by atoms with Crippen LogP contribution in [0.1, 0.15) is 0 Å². The highest BCUT2D eigenvalue weighted by molar-refractivity contribution is 4.58. The first-order valence-electron chi connectivity index (χ1n) is 2.83. The molecule has 0 radical (unpaired) electrons. The van der Waals surface area contributed by atoms with Gasteiger partial charge in [0.05, 0.1) is 13.1 Å². The van der Waals surface area contributed by atoms with Crippen LogP contribution in [0, 0.1) is 5.21 Å². The summed E-state index contributed by atoms with van der Waals surface area (Å²) in [6.45, 7) is 3.62. The molecule has 3 N–H and O–H groups in total. The van der Waals surface area contributed by atoms with Gasteiger partial charge in [0.1, 0.15) is 0 Å². The smallest absolute Gasteiger partial charge is 0.0602 e. The Morgan fingerprint density at radius 3 is 2.38 bits per heavy atom. The Kier molecular flexibility index (Phi) is 2.23. The summed E-state index contributed by atoms with van der Waals surface area (Å²) in [5, 5.41) is 15.0. The monoisotopic (exact) mass is 117 g/mol. The second-order valence-corrected chi connectivity index (χ2v) is 1.89. The van der Waals surface area contributed by atoms with Crippen molar-refractivity contribution in [3.8, 4) is 0 Å². The number of nitrogens with zero attached hydrogens (tertiary/aromatic N) is 1. The number of hydrogen-bond acceptors (Lipinski definition) is 3. The highest BCUT2D eigenvalue weighted by Crippen LogP contribution is 1.78. The van der Waals surface area contributed by atoms with Crippen molar-refractivity contribution in [2.45, 2.75) is 0 Å². The largest absolute Gasteiger partial charge is 0.614 e. The van der Waals surface area contributed by atoms with Crippen LogP contribution >= 0.6 is 0 Å². The van der Waals surface area contributed by atoms with E-state index in [0.29, 0.717) is 0 Å². The Morgan fingerprint density at radius 1 is 1.38 bits per heavy atom. The molecular weight excluding hydrogens is 106 g/mol. The SMILES string of the molecule is [O-][NH2+]N1CCNCC1. The average Bonchev–Trinajstić information content (AvgIpc) is 1.90. The molecule has 0 aromatic heterocycles. The lowest BCUT2D eigenvalue weighted by Gasteiger charge is -2.25. The van der Waals surface area contributed by atoms with E-state index in [1.807, 2.05) is 0 Å². The lowest BCUT2D eigenvalue weighted by atomic mass is 10.4. The zero-order valence-electron chi connectivity index (χ0n) is 4.76. The van der Waals surface area contributed by atoms with E-state index in [4.69, 9.17) is 0 Å². The fourth-order valence-electron chi connectivity index (χ4n) is 0.788. The van der Waals surface area contributed by atoms with Gasteiger partial charge in [-0.3, -0.25) is 0 Å². The fraction of sp³-hybridized carbons (Fsp3) is 1.00. The number of rotatable bonds is 1. The standard InChI is InChI=1S/C4H11N3O/c8-6-7-3-1-5-2-4-7/h5H,1-4,6H2. The van der Waals surface area contributed by atoms with Gasteiger partial charge in [0.2, 0.25) is 0 Å². The molecular formula is C4H11N3O. The Balaban J connectivity index is 2.13. The van der Waals surface area contributed by atoms with Crippen LogP contribution < -0.4 is 10.9 Å². The van der Waals surface area contributed by atoms with Gasteiger partial charge in [0, 0.05) is 13.1 Å². The van der Waals surface area contributed by atoms with Gasteiger partial charge in [-0.2, -0.15) is 5.01 Å². The first kappa shape index (κ1) is 5.97. The summed E-state index contributed by atoms with van der Waals surface area (Å²) < 4.78 is 0. The quantitative estimate of drug-likeness (QED) is 0.304. The minimum Gasteiger partial charge on any atom is -0.614 e. The summed E-state index contributed by atoms with van der Waals surface area (Å²) in [7, 11) is 0. The summed E-state index contributed by atoms with van der Waals surface area (Å²) in [5.74, 6) is 0. The molecule has 0 aliphatic carbocycles. The molecule has 1 heterocycles. The highest BCUT2D eigenvalue weighted by atomic mass is 16.5. The molecule has 1 fully saturated rings. The number of hydrogen-bond donors (Lipinski definition) is 2. The van der Waals surface area contributed by atoms with Gasteiger partial charge in [0.15, 0.2) is 0 Å². The molecule has 0 saturated carbocycles. The van der Waals surface area contributed by atoms with Crippen molar-refractivity contribution >= 4 is 0 Å². The molecule has 8 heavy (non-hydrogen) atoms. The number of quaternary nitrogens is 1. The van der Waals surface area contributed by atoms with Crippen molar-refractivity contribution in [3.63, 3.8) is 0 Å². The van der Waals surface area contributed by atoms with E-state index in [9.17, 15) is 5.21 Å². The van der Waals surface area contributed by atoms with Crippen LogP contribution in [0.5, 0.6) is 0 Å². The molecule has 1 aliphatic heterocycles. The normalized spacial score (nSPS) is 23.6. The van der Waals surface area contributed by atoms with Gasteiger partial charge in [-0.25, -0.2) is 0 Å². The summed E-state index contributed by atoms with van der Waals surface area (Å²) in [6.07, 6.45) is 0. The molecule has 1 saturated heterocycles. The van der Waals surface area contributed by atoms with Crippen LogP contribution in [0.3, 0.4) is 0 Å². The van der Waals surface area contributed by atoms with E-state index in [0.717, 1.165) is 31.8 Å². The minimum absolute atomic E-state index is 0.865. The van der Waals surface area contributed by atoms with E-state index in [-0.39, 0.29) is 0 Å². The van der Waals surface area contributed by atoms with Crippen LogP contribution in [-0.4, -0.2) is 31.2 Å². The molecule has 48 valence electrons. The first-order valence-corrected chi connectivity index (χ1v) is 2.83. The molecule has 0 bridgehead atoms. The maximum Gasteiger partial charge on any atom is 0.0602 e. The molecule has 0 unspecified atom stereocenters. The zero-order valence-corrected chi connectivity index (χ0v) is 4.76. The molecule has 0 aromatic carbocycles. The van der Waals surface area contributed by atoms with Gasteiger partial charge in [0.25, 0.3) is 0 Å². The lowest BCUT2D eigenvalue weighted by Crippen LogP contribution is -2.90. The molecule has 0 amide bonds. The summed E-state index contributed by atoms with van der Waals surface area (Å²) in [5.41, 5.74) is 0.904. The highest BCUT2D eigenvalue weighted by Gasteiger charge is 2.06.